The molecule has 0 amide bonds. The largest absolute Gasteiger partial charge is 0.206 e. The molecule has 0 unspecified atom stereocenters. The van der Waals surface area contributed by atoms with Crippen molar-refractivity contribution >= 4 is 11.6 Å². The molecule has 0 atom stereocenters. The SMILES string of the molecule is CCC1(CCCc2cccc(-c3cccc(Cl)c3)c2F)CC1. The Morgan fingerprint density at radius 1 is 1.14 bits per heavy atom. The van der Waals surface area contributed by atoms with Crippen LogP contribution in [-0.4, -0.2) is 0 Å². The molecule has 1 aliphatic carbocycles. The number of hydrogen-bond acceptors (Lipinski definition) is 0. The molecule has 0 heterocycles. The lowest BCUT2D eigenvalue weighted by Crippen LogP contribution is -2.00. The summed E-state index contributed by atoms with van der Waals surface area (Å²) in [6.45, 7) is 2.27. The van der Waals surface area contributed by atoms with Crippen molar-refractivity contribution in [3.8, 4) is 11.1 Å². The Morgan fingerprint density at radius 2 is 1.91 bits per heavy atom. The quantitative estimate of drug-likeness (QED) is 0.559. The molecule has 2 aromatic carbocycles. The molecule has 22 heavy (non-hydrogen) atoms. The fraction of sp³-hybridized carbons (Fsp3) is 0.400. The molecule has 0 radical (unpaired) electrons. The first-order valence-electron chi connectivity index (χ1n) is 8.17. The number of benzene rings is 2. The van der Waals surface area contributed by atoms with Crippen molar-refractivity contribution in [3.63, 3.8) is 0 Å². The van der Waals surface area contributed by atoms with E-state index in [2.05, 4.69) is 6.92 Å². The third kappa shape index (κ3) is 3.35. The van der Waals surface area contributed by atoms with Crippen LogP contribution >= 0.6 is 11.6 Å². The lowest BCUT2D eigenvalue weighted by atomic mass is 9.93. The van der Waals surface area contributed by atoms with Crippen LogP contribution in [0.15, 0.2) is 42.5 Å². The Labute approximate surface area is 137 Å². The summed E-state index contributed by atoms with van der Waals surface area (Å²) in [6.07, 6.45) is 7.09. The standard InChI is InChI=1S/C20H22ClF/c1-2-20(12-13-20)11-5-8-15-6-4-10-18(19(15)22)16-7-3-9-17(21)14-16/h3-4,6-7,9-10,14H,2,5,8,11-13H2,1H3. The first-order valence-corrected chi connectivity index (χ1v) is 8.55. The van der Waals surface area contributed by atoms with Crippen LogP contribution in [0, 0.1) is 11.2 Å². The second-order valence-corrected chi connectivity index (χ2v) is 6.93. The second kappa shape index (κ2) is 6.42. The average Bonchev–Trinajstić information content (AvgIpc) is 3.29. The molecule has 2 heteroatoms. The van der Waals surface area contributed by atoms with Crippen LogP contribution in [0.1, 0.15) is 44.6 Å². The normalized spacial score (nSPS) is 15.8. The van der Waals surface area contributed by atoms with Crippen molar-refractivity contribution in [2.45, 2.75) is 45.4 Å². The maximum Gasteiger partial charge on any atom is 0.134 e. The van der Waals surface area contributed by atoms with Gasteiger partial charge >= 0.3 is 0 Å². The lowest BCUT2D eigenvalue weighted by Gasteiger charge is -2.13. The molecule has 0 spiro atoms. The van der Waals surface area contributed by atoms with E-state index in [0.717, 1.165) is 24.0 Å². The van der Waals surface area contributed by atoms with Crippen LogP contribution in [0.5, 0.6) is 0 Å². The molecule has 0 aromatic heterocycles. The van der Waals surface area contributed by atoms with Crippen molar-refractivity contribution in [1.82, 2.24) is 0 Å². The summed E-state index contributed by atoms with van der Waals surface area (Å²) in [7, 11) is 0. The Balaban J connectivity index is 1.74. The highest BCUT2D eigenvalue weighted by molar-refractivity contribution is 6.30. The van der Waals surface area contributed by atoms with Gasteiger partial charge in [0, 0.05) is 10.6 Å². The predicted octanol–water partition coefficient (Wildman–Crippen LogP) is 6.66. The van der Waals surface area contributed by atoms with E-state index in [1.807, 2.05) is 42.5 Å². The van der Waals surface area contributed by atoms with Gasteiger partial charge in [0.2, 0.25) is 0 Å². The smallest absolute Gasteiger partial charge is 0.134 e. The van der Waals surface area contributed by atoms with Gasteiger partial charge in [-0.2, -0.15) is 0 Å². The minimum absolute atomic E-state index is 0.0916. The zero-order valence-electron chi connectivity index (χ0n) is 13.0. The first-order chi connectivity index (χ1) is 10.6. The van der Waals surface area contributed by atoms with Gasteiger partial charge in [-0.25, -0.2) is 4.39 Å². The number of hydrogen-bond donors (Lipinski definition) is 0. The number of rotatable bonds is 6. The molecule has 3 rings (SSSR count). The summed E-state index contributed by atoms with van der Waals surface area (Å²) in [5.74, 6) is -0.0916. The van der Waals surface area contributed by atoms with Gasteiger partial charge in [-0.1, -0.05) is 55.3 Å². The van der Waals surface area contributed by atoms with Crippen LogP contribution in [0.3, 0.4) is 0 Å². The van der Waals surface area contributed by atoms with Gasteiger partial charge in [0.1, 0.15) is 5.82 Å². The van der Waals surface area contributed by atoms with E-state index in [0.29, 0.717) is 16.0 Å². The highest BCUT2D eigenvalue weighted by atomic mass is 35.5. The van der Waals surface area contributed by atoms with Gasteiger partial charge in [0.25, 0.3) is 0 Å². The summed E-state index contributed by atoms with van der Waals surface area (Å²) < 4.78 is 14.8. The third-order valence-electron chi connectivity index (χ3n) is 5.07. The molecule has 0 bridgehead atoms. The van der Waals surface area contributed by atoms with E-state index in [4.69, 9.17) is 11.6 Å². The van der Waals surface area contributed by atoms with E-state index in [1.165, 1.54) is 25.7 Å². The predicted molar refractivity (Wildman–Crippen MR) is 91.7 cm³/mol. The Morgan fingerprint density at radius 3 is 2.59 bits per heavy atom. The number of aryl methyl sites for hydroxylation is 1. The third-order valence-corrected chi connectivity index (χ3v) is 5.31. The molecular weight excluding hydrogens is 295 g/mol. The summed E-state index contributed by atoms with van der Waals surface area (Å²) >= 11 is 6.02. The Hall–Kier alpha value is -1.34. The zero-order chi connectivity index (χ0) is 15.6. The van der Waals surface area contributed by atoms with Gasteiger partial charge in [0.05, 0.1) is 0 Å². The summed E-state index contributed by atoms with van der Waals surface area (Å²) in [5.41, 5.74) is 2.90. The van der Waals surface area contributed by atoms with Gasteiger partial charge in [-0.3, -0.25) is 0 Å². The summed E-state index contributed by atoms with van der Waals surface area (Å²) in [4.78, 5) is 0. The van der Waals surface area contributed by atoms with Crippen molar-refractivity contribution < 1.29 is 4.39 Å². The highest BCUT2D eigenvalue weighted by Gasteiger charge is 2.39. The van der Waals surface area contributed by atoms with Crippen molar-refractivity contribution in [2.24, 2.45) is 5.41 Å². The minimum atomic E-state index is -0.0916. The molecule has 1 saturated carbocycles. The summed E-state index contributed by atoms with van der Waals surface area (Å²) in [6, 6.07) is 13.1. The van der Waals surface area contributed by atoms with E-state index in [1.54, 1.807) is 0 Å². The lowest BCUT2D eigenvalue weighted by molar-refractivity contribution is 0.431. The maximum atomic E-state index is 14.8. The zero-order valence-corrected chi connectivity index (χ0v) is 13.8. The van der Waals surface area contributed by atoms with Crippen LogP contribution in [-0.2, 0) is 6.42 Å². The fourth-order valence-corrected chi connectivity index (χ4v) is 3.45. The average molecular weight is 317 g/mol. The van der Waals surface area contributed by atoms with Gasteiger partial charge in [-0.15, -0.1) is 0 Å². The van der Waals surface area contributed by atoms with E-state index in [9.17, 15) is 4.39 Å². The Kier molecular flexibility index (Phi) is 4.54. The van der Waals surface area contributed by atoms with Crippen LogP contribution in [0.4, 0.5) is 4.39 Å². The van der Waals surface area contributed by atoms with E-state index in [-0.39, 0.29) is 5.82 Å². The van der Waals surface area contributed by atoms with Crippen molar-refractivity contribution in [3.05, 3.63) is 58.9 Å². The van der Waals surface area contributed by atoms with Crippen molar-refractivity contribution in [2.75, 3.05) is 0 Å². The Bertz CT molecular complexity index is 659. The molecule has 1 aliphatic rings. The van der Waals surface area contributed by atoms with Crippen LogP contribution in [0.25, 0.3) is 11.1 Å². The molecule has 0 N–H and O–H groups in total. The molecule has 1 fully saturated rings. The fourth-order valence-electron chi connectivity index (χ4n) is 3.26. The molecule has 0 aliphatic heterocycles. The van der Waals surface area contributed by atoms with Gasteiger partial charge in [-0.05, 0) is 60.8 Å². The van der Waals surface area contributed by atoms with Crippen LogP contribution in [0.2, 0.25) is 5.02 Å². The molecule has 116 valence electrons. The number of halogens is 2. The van der Waals surface area contributed by atoms with E-state index >= 15 is 0 Å². The van der Waals surface area contributed by atoms with Gasteiger partial charge < -0.3 is 0 Å². The minimum Gasteiger partial charge on any atom is -0.206 e. The molecular formula is C20H22ClF. The molecule has 0 nitrogen and oxygen atoms in total. The van der Waals surface area contributed by atoms with E-state index < -0.39 is 0 Å². The summed E-state index contributed by atoms with van der Waals surface area (Å²) in [5, 5.41) is 0.640. The first kappa shape index (κ1) is 15.6. The maximum absolute atomic E-state index is 14.8. The monoisotopic (exact) mass is 316 g/mol. The molecule has 2 aromatic rings. The topological polar surface area (TPSA) is 0 Å². The van der Waals surface area contributed by atoms with Gasteiger partial charge in [0.15, 0.2) is 0 Å². The van der Waals surface area contributed by atoms with Crippen molar-refractivity contribution in [1.29, 1.82) is 0 Å². The second-order valence-electron chi connectivity index (χ2n) is 6.50. The molecule has 0 saturated heterocycles. The highest BCUT2D eigenvalue weighted by Crippen LogP contribution is 2.52. The van der Waals surface area contributed by atoms with Crippen LogP contribution < -0.4 is 0 Å².